The fraction of sp³-hybridized carbons (Fsp3) is 0.250. The third kappa shape index (κ3) is 3.31. The molecular formula is C20H20N2O4. The van der Waals surface area contributed by atoms with E-state index in [-0.39, 0.29) is 5.91 Å². The van der Waals surface area contributed by atoms with Crippen molar-refractivity contribution in [2.24, 2.45) is 0 Å². The molecule has 3 rings (SSSR count). The Bertz CT molecular complexity index is 988. The zero-order valence-corrected chi connectivity index (χ0v) is 15.1. The van der Waals surface area contributed by atoms with E-state index in [2.05, 4.69) is 5.10 Å². The minimum absolute atomic E-state index is 0.177. The van der Waals surface area contributed by atoms with Gasteiger partial charge in [0.05, 0.1) is 5.52 Å². The van der Waals surface area contributed by atoms with Crippen LogP contribution in [0.15, 0.2) is 48.5 Å². The van der Waals surface area contributed by atoms with Gasteiger partial charge in [0.25, 0.3) is 0 Å². The monoisotopic (exact) mass is 352 g/mol. The predicted molar refractivity (Wildman–Crippen MR) is 97.4 cm³/mol. The summed E-state index contributed by atoms with van der Waals surface area (Å²) in [6.07, 6.45) is 0. The summed E-state index contributed by atoms with van der Waals surface area (Å²) in [4.78, 5) is 23.3. The standard InChI is InChI=1S/C20H20N2O4/c1-13(23)22-16-10-6-5-9-15(16)19(21-22)20(3,4)26-18-12-8-7-11-17(18)25-14(2)24/h5-12H,1-4H3. The van der Waals surface area contributed by atoms with Gasteiger partial charge in [0.1, 0.15) is 11.3 Å². The minimum Gasteiger partial charge on any atom is -0.478 e. The first-order valence-electron chi connectivity index (χ1n) is 8.25. The lowest BCUT2D eigenvalue weighted by Crippen LogP contribution is -2.27. The van der Waals surface area contributed by atoms with Crippen molar-refractivity contribution in [1.29, 1.82) is 0 Å². The van der Waals surface area contributed by atoms with Gasteiger partial charge in [0, 0.05) is 19.2 Å². The van der Waals surface area contributed by atoms with Crippen LogP contribution >= 0.6 is 0 Å². The van der Waals surface area contributed by atoms with Gasteiger partial charge in [-0.2, -0.15) is 9.78 Å². The maximum Gasteiger partial charge on any atom is 0.308 e. The number of hydrogen-bond donors (Lipinski definition) is 0. The number of hydrogen-bond acceptors (Lipinski definition) is 5. The van der Waals surface area contributed by atoms with Crippen LogP contribution in [-0.4, -0.2) is 21.7 Å². The van der Waals surface area contributed by atoms with Crippen LogP contribution in [0, 0.1) is 0 Å². The average Bonchev–Trinajstić information content (AvgIpc) is 2.97. The molecule has 0 aliphatic rings. The number of carbonyl (C=O) groups excluding carboxylic acids is 2. The van der Waals surface area contributed by atoms with Crippen molar-refractivity contribution in [3.8, 4) is 11.5 Å². The van der Waals surface area contributed by atoms with E-state index in [4.69, 9.17) is 9.47 Å². The van der Waals surface area contributed by atoms with Crippen molar-refractivity contribution in [3.05, 3.63) is 54.2 Å². The van der Waals surface area contributed by atoms with Crippen molar-refractivity contribution < 1.29 is 19.1 Å². The second-order valence-corrected chi connectivity index (χ2v) is 6.45. The van der Waals surface area contributed by atoms with Gasteiger partial charge in [-0.05, 0) is 32.0 Å². The van der Waals surface area contributed by atoms with Crippen LogP contribution in [0.1, 0.15) is 38.2 Å². The highest BCUT2D eigenvalue weighted by Crippen LogP contribution is 2.36. The topological polar surface area (TPSA) is 70.4 Å². The third-order valence-electron chi connectivity index (χ3n) is 3.92. The van der Waals surface area contributed by atoms with Gasteiger partial charge in [-0.1, -0.05) is 30.3 Å². The van der Waals surface area contributed by atoms with E-state index in [0.717, 1.165) is 10.9 Å². The smallest absolute Gasteiger partial charge is 0.308 e. The maximum absolute atomic E-state index is 11.9. The summed E-state index contributed by atoms with van der Waals surface area (Å²) >= 11 is 0. The Morgan fingerprint density at radius 3 is 2.23 bits per heavy atom. The number of nitrogens with zero attached hydrogens (tertiary/aromatic N) is 2. The lowest BCUT2D eigenvalue weighted by atomic mass is 10.0. The lowest BCUT2D eigenvalue weighted by Gasteiger charge is -2.26. The van der Waals surface area contributed by atoms with E-state index < -0.39 is 11.6 Å². The second kappa shape index (κ2) is 6.63. The molecule has 0 bridgehead atoms. The van der Waals surface area contributed by atoms with E-state index in [9.17, 15) is 9.59 Å². The van der Waals surface area contributed by atoms with E-state index in [0.29, 0.717) is 17.2 Å². The Morgan fingerprint density at radius 2 is 1.58 bits per heavy atom. The van der Waals surface area contributed by atoms with E-state index in [1.54, 1.807) is 24.3 Å². The quantitative estimate of drug-likeness (QED) is 0.525. The number of aromatic nitrogens is 2. The highest BCUT2D eigenvalue weighted by molar-refractivity contribution is 5.91. The summed E-state index contributed by atoms with van der Waals surface area (Å²) in [5.74, 6) is 0.159. The van der Waals surface area contributed by atoms with Gasteiger partial charge in [0.2, 0.25) is 5.91 Å². The number of esters is 1. The predicted octanol–water partition coefficient (Wildman–Crippen LogP) is 3.94. The number of ether oxygens (including phenoxy) is 2. The summed E-state index contributed by atoms with van der Waals surface area (Å²) in [5.41, 5.74) is 0.484. The molecule has 0 aliphatic heterocycles. The SMILES string of the molecule is CC(=O)Oc1ccccc1OC(C)(C)c1nn(C(C)=O)c2ccccc12. The zero-order chi connectivity index (χ0) is 18.9. The van der Waals surface area contributed by atoms with E-state index in [1.165, 1.54) is 18.5 Å². The van der Waals surface area contributed by atoms with Gasteiger partial charge in [-0.3, -0.25) is 9.59 Å². The third-order valence-corrected chi connectivity index (χ3v) is 3.92. The van der Waals surface area contributed by atoms with Gasteiger partial charge in [-0.25, -0.2) is 0 Å². The Morgan fingerprint density at radius 1 is 0.962 bits per heavy atom. The Labute approximate surface area is 151 Å². The van der Waals surface area contributed by atoms with Crippen LogP contribution in [0.5, 0.6) is 11.5 Å². The highest BCUT2D eigenvalue weighted by atomic mass is 16.6. The van der Waals surface area contributed by atoms with Crippen molar-refractivity contribution in [3.63, 3.8) is 0 Å². The molecule has 0 N–H and O–H groups in total. The van der Waals surface area contributed by atoms with Crippen LogP contribution in [0.25, 0.3) is 10.9 Å². The maximum atomic E-state index is 11.9. The summed E-state index contributed by atoms with van der Waals surface area (Å²) in [5, 5.41) is 5.31. The molecule has 0 atom stereocenters. The summed E-state index contributed by atoms with van der Waals surface area (Å²) < 4.78 is 12.7. The minimum atomic E-state index is -0.865. The van der Waals surface area contributed by atoms with Gasteiger partial charge in [-0.15, -0.1) is 0 Å². The summed E-state index contributed by atoms with van der Waals surface area (Å²) in [6.45, 7) is 6.52. The molecular weight excluding hydrogens is 332 g/mol. The lowest BCUT2D eigenvalue weighted by molar-refractivity contribution is -0.132. The molecule has 0 spiro atoms. The largest absolute Gasteiger partial charge is 0.478 e. The van der Waals surface area contributed by atoms with Crippen molar-refractivity contribution >= 4 is 22.8 Å². The van der Waals surface area contributed by atoms with E-state index >= 15 is 0 Å². The first-order chi connectivity index (χ1) is 12.3. The zero-order valence-electron chi connectivity index (χ0n) is 15.1. The normalized spacial score (nSPS) is 11.4. The molecule has 26 heavy (non-hydrogen) atoms. The number of fused-ring (bicyclic) bond motifs is 1. The van der Waals surface area contributed by atoms with Crippen LogP contribution in [0.4, 0.5) is 0 Å². The molecule has 3 aromatic rings. The molecule has 2 aromatic carbocycles. The molecule has 0 amide bonds. The molecule has 1 heterocycles. The number of benzene rings is 2. The van der Waals surface area contributed by atoms with Crippen LogP contribution < -0.4 is 9.47 Å². The van der Waals surface area contributed by atoms with Gasteiger partial charge < -0.3 is 9.47 Å². The Hall–Kier alpha value is -3.15. The van der Waals surface area contributed by atoms with Gasteiger partial charge >= 0.3 is 5.97 Å². The molecule has 0 aliphatic carbocycles. The number of para-hydroxylation sites is 3. The molecule has 134 valence electrons. The van der Waals surface area contributed by atoms with Crippen LogP contribution in [0.3, 0.4) is 0 Å². The van der Waals surface area contributed by atoms with Crippen molar-refractivity contribution in [2.75, 3.05) is 0 Å². The molecule has 0 radical (unpaired) electrons. The molecule has 0 saturated heterocycles. The van der Waals surface area contributed by atoms with Crippen molar-refractivity contribution in [1.82, 2.24) is 9.78 Å². The summed E-state index contributed by atoms with van der Waals surface area (Å²) in [6, 6.07) is 14.4. The Balaban J connectivity index is 2.06. The fourth-order valence-corrected chi connectivity index (χ4v) is 2.85. The molecule has 0 saturated carbocycles. The summed E-state index contributed by atoms with van der Waals surface area (Å²) in [7, 11) is 0. The first-order valence-corrected chi connectivity index (χ1v) is 8.25. The fourth-order valence-electron chi connectivity index (χ4n) is 2.85. The average molecular weight is 352 g/mol. The molecule has 0 fully saturated rings. The number of carbonyl (C=O) groups is 2. The highest BCUT2D eigenvalue weighted by Gasteiger charge is 2.31. The molecule has 6 nitrogen and oxygen atoms in total. The van der Waals surface area contributed by atoms with Crippen molar-refractivity contribution in [2.45, 2.75) is 33.3 Å². The van der Waals surface area contributed by atoms with Crippen LogP contribution in [-0.2, 0) is 10.4 Å². The van der Waals surface area contributed by atoms with Gasteiger partial charge in [0.15, 0.2) is 11.5 Å². The molecule has 0 unspecified atom stereocenters. The first kappa shape index (κ1) is 17.7. The molecule has 6 heteroatoms. The second-order valence-electron chi connectivity index (χ2n) is 6.45. The number of rotatable bonds is 4. The Kier molecular flexibility index (Phi) is 4.50. The molecule has 1 aromatic heterocycles. The van der Waals surface area contributed by atoms with E-state index in [1.807, 2.05) is 38.1 Å². The van der Waals surface area contributed by atoms with Crippen LogP contribution in [0.2, 0.25) is 0 Å².